The second-order valence-electron chi connectivity index (χ2n) is 21.6. The van der Waals surface area contributed by atoms with Gasteiger partial charge in [0.15, 0.2) is 0 Å². The molecule has 0 fully saturated rings. The maximum Gasteiger partial charge on any atom is 0.0721 e. The maximum atomic E-state index is 2.49. The Balaban J connectivity index is 0.901. The molecule has 0 saturated carbocycles. The van der Waals surface area contributed by atoms with Crippen molar-refractivity contribution in [3.8, 4) is 33.6 Å². The first-order valence-electron chi connectivity index (χ1n) is 28.6. The highest BCUT2D eigenvalue weighted by Crippen LogP contribution is 2.60. The molecule has 2 aromatic heterocycles. The zero-order chi connectivity index (χ0) is 54.8. The van der Waals surface area contributed by atoms with E-state index in [1.54, 1.807) is 0 Å². The van der Waals surface area contributed by atoms with Crippen molar-refractivity contribution in [3.05, 3.63) is 350 Å². The summed E-state index contributed by atoms with van der Waals surface area (Å²) in [5.74, 6) is 0. The van der Waals surface area contributed by atoms with E-state index in [-0.39, 0.29) is 0 Å². The summed E-state index contributed by atoms with van der Waals surface area (Å²) in [5.41, 5.74) is 22.3. The van der Waals surface area contributed by atoms with Gasteiger partial charge in [-0.1, -0.05) is 206 Å². The van der Waals surface area contributed by atoms with Crippen LogP contribution < -0.4 is 9.80 Å². The highest BCUT2D eigenvalue weighted by molar-refractivity contribution is 6.10. The van der Waals surface area contributed by atoms with Gasteiger partial charge >= 0.3 is 0 Å². The third-order valence-corrected chi connectivity index (χ3v) is 17.2. The fourth-order valence-electron chi connectivity index (χ4n) is 13.7. The summed E-state index contributed by atoms with van der Waals surface area (Å²) >= 11 is 0. The topological polar surface area (TPSA) is 16.3 Å². The van der Waals surface area contributed by atoms with Gasteiger partial charge in [0.1, 0.15) is 0 Å². The standard InChI is InChI=1S/C79H54N4/c1-5-23-55(24-6-1)65-31-13-18-36-72(65)79(56-25-7-2-8-26-56)73-53-63(80(57-27-9-3-10-28-57)59-41-45-61(46-42-59)82-75-37-19-14-32-68(75)69-33-15-20-38-76(69)82)49-51-66(73)67-52-50-64(54-74(67)79)81(58-29-11-4-12-30-58)60-43-47-62(48-44-60)83-77-39-21-16-34-70(77)71-35-17-22-40-78(71)83/h1-54H. The van der Waals surface area contributed by atoms with Crippen molar-refractivity contribution >= 4 is 77.7 Å². The van der Waals surface area contributed by atoms with Gasteiger partial charge in [0, 0.05) is 67.0 Å². The SMILES string of the molecule is c1ccc(-c2ccccc2C2(c3ccccc3)c3cc(N(c4ccccc4)c4ccc(-n5c6ccccc6c6ccccc65)cc4)ccc3-c3ccc(N(c4ccccc4)c4ccc(-n5c6ccccc6c6ccccc65)cc4)cc32)cc1. The van der Waals surface area contributed by atoms with Gasteiger partial charge in [0.2, 0.25) is 0 Å². The fourth-order valence-corrected chi connectivity index (χ4v) is 13.7. The van der Waals surface area contributed by atoms with Crippen molar-refractivity contribution in [2.45, 2.75) is 5.41 Å². The molecule has 0 amide bonds. The number of aromatic nitrogens is 2. The maximum absolute atomic E-state index is 2.49. The van der Waals surface area contributed by atoms with E-state index in [9.17, 15) is 0 Å². The van der Waals surface area contributed by atoms with Crippen LogP contribution in [-0.2, 0) is 5.41 Å². The highest BCUT2D eigenvalue weighted by Gasteiger charge is 2.48. The number of rotatable bonds is 11. The number of hydrogen-bond acceptors (Lipinski definition) is 2. The van der Waals surface area contributed by atoms with E-state index in [1.807, 2.05) is 0 Å². The zero-order valence-electron chi connectivity index (χ0n) is 45.5. The van der Waals surface area contributed by atoms with Gasteiger partial charge in [-0.05, 0) is 166 Å². The molecule has 0 unspecified atom stereocenters. The monoisotopic (exact) mass is 1060 g/mol. The number of benzene rings is 13. The summed E-state index contributed by atoms with van der Waals surface area (Å²) < 4.78 is 4.78. The Morgan fingerprint density at radius 2 is 0.554 bits per heavy atom. The van der Waals surface area contributed by atoms with Gasteiger partial charge in [-0.15, -0.1) is 0 Å². The molecule has 0 saturated heterocycles. The molecule has 0 atom stereocenters. The normalized spacial score (nSPS) is 12.4. The number of anilines is 6. The van der Waals surface area contributed by atoms with E-state index in [4.69, 9.17) is 0 Å². The van der Waals surface area contributed by atoms with Gasteiger partial charge in [0.25, 0.3) is 0 Å². The Hall–Kier alpha value is -10.9. The molecule has 16 rings (SSSR count). The molecule has 0 radical (unpaired) electrons. The smallest absolute Gasteiger partial charge is 0.0721 e. The summed E-state index contributed by atoms with van der Waals surface area (Å²) in [6.07, 6.45) is 0. The Bertz CT molecular complexity index is 4530. The summed E-state index contributed by atoms with van der Waals surface area (Å²) in [4.78, 5) is 4.84. The second-order valence-corrected chi connectivity index (χ2v) is 21.6. The van der Waals surface area contributed by atoms with E-state index < -0.39 is 5.41 Å². The molecule has 2 heterocycles. The Morgan fingerprint density at radius 1 is 0.229 bits per heavy atom. The lowest BCUT2D eigenvalue weighted by molar-refractivity contribution is 0.770. The number of para-hydroxylation sites is 6. The van der Waals surface area contributed by atoms with Crippen LogP contribution in [-0.4, -0.2) is 9.13 Å². The average Bonchev–Trinajstić information content (AvgIpc) is 2.22. The summed E-state index contributed by atoms with van der Waals surface area (Å²) in [5, 5.41) is 4.99. The predicted octanol–water partition coefficient (Wildman–Crippen LogP) is 20.9. The number of hydrogen-bond donors (Lipinski definition) is 0. The summed E-state index contributed by atoms with van der Waals surface area (Å²) in [7, 11) is 0. The molecule has 83 heavy (non-hydrogen) atoms. The van der Waals surface area contributed by atoms with E-state index in [2.05, 4.69) is 347 Å². The molecule has 1 aliphatic carbocycles. The minimum absolute atomic E-state index is 0.782. The average molecular weight is 1060 g/mol. The molecular weight excluding hydrogens is 1000 g/mol. The number of fused-ring (bicyclic) bond motifs is 9. The lowest BCUT2D eigenvalue weighted by Gasteiger charge is -2.37. The molecule has 13 aromatic carbocycles. The molecule has 4 heteroatoms. The van der Waals surface area contributed by atoms with Crippen LogP contribution in [0, 0.1) is 0 Å². The minimum atomic E-state index is -0.782. The number of nitrogens with zero attached hydrogens (tertiary/aromatic N) is 4. The van der Waals surface area contributed by atoms with Crippen LogP contribution in [0.1, 0.15) is 22.3 Å². The van der Waals surface area contributed by atoms with Gasteiger partial charge < -0.3 is 18.9 Å². The molecule has 15 aromatic rings. The van der Waals surface area contributed by atoms with Crippen LogP contribution in [0.25, 0.3) is 77.2 Å². The van der Waals surface area contributed by atoms with E-state index in [0.29, 0.717) is 0 Å². The van der Waals surface area contributed by atoms with Crippen LogP contribution in [0.3, 0.4) is 0 Å². The molecular formula is C79H54N4. The zero-order valence-corrected chi connectivity index (χ0v) is 45.5. The highest BCUT2D eigenvalue weighted by atomic mass is 15.2. The van der Waals surface area contributed by atoms with Crippen molar-refractivity contribution in [1.82, 2.24) is 9.13 Å². The lowest BCUT2D eigenvalue weighted by Crippen LogP contribution is -2.30. The summed E-state index contributed by atoms with van der Waals surface area (Å²) in [6, 6.07) is 120. The molecule has 0 bridgehead atoms. The second kappa shape index (κ2) is 19.7. The van der Waals surface area contributed by atoms with Crippen molar-refractivity contribution in [2.24, 2.45) is 0 Å². The predicted molar refractivity (Wildman–Crippen MR) is 347 cm³/mol. The molecule has 390 valence electrons. The fraction of sp³-hybridized carbons (Fsp3) is 0.0127. The van der Waals surface area contributed by atoms with Crippen LogP contribution in [0.2, 0.25) is 0 Å². The molecule has 4 nitrogen and oxygen atoms in total. The first-order valence-corrected chi connectivity index (χ1v) is 28.6. The van der Waals surface area contributed by atoms with Gasteiger partial charge in [-0.3, -0.25) is 0 Å². The van der Waals surface area contributed by atoms with E-state index >= 15 is 0 Å². The van der Waals surface area contributed by atoms with E-state index in [1.165, 1.54) is 88.1 Å². The quantitative estimate of drug-likeness (QED) is 0.128. The van der Waals surface area contributed by atoms with Crippen molar-refractivity contribution in [2.75, 3.05) is 9.80 Å². The van der Waals surface area contributed by atoms with Crippen LogP contribution in [0.4, 0.5) is 34.1 Å². The lowest BCUT2D eigenvalue weighted by atomic mass is 9.65. The van der Waals surface area contributed by atoms with Crippen molar-refractivity contribution < 1.29 is 0 Å². The Kier molecular flexibility index (Phi) is 11.4. The third kappa shape index (κ3) is 7.68. The van der Waals surface area contributed by atoms with Crippen molar-refractivity contribution in [1.29, 1.82) is 0 Å². The van der Waals surface area contributed by atoms with Crippen molar-refractivity contribution in [3.63, 3.8) is 0 Å². The largest absolute Gasteiger partial charge is 0.310 e. The molecule has 0 spiro atoms. The molecule has 0 aliphatic heterocycles. The van der Waals surface area contributed by atoms with Crippen LogP contribution >= 0.6 is 0 Å². The minimum Gasteiger partial charge on any atom is -0.310 e. The molecule has 0 N–H and O–H groups in total. The first kappa shape index (κ1) is 48.0. The Labute approximate surface area is 482 Å². The molecule has 1 aliphatic rings. The third-order valence-electron chi connectivity index (χ3n) is 17.2. The van der Waals surface area contributed by atoms with Crippen LogP contribution in [0.15, 0.2) is 328 Å². The Morgan fingerprint density at radius 3 is 0.976 bits per heavy atom. The van der Waals surface area contributed by atoms with Gasteiger partial charge in [0.05, 0.1) is 27.5 Å². The van der Waals surface area contributed by atoms with Gasteiger partial charge in [-0.2, -0.15) is 0 Å². The van der Waals surface area contributed by atoms with Crippen LogP contribution in [0.5, 0.6) is 0 Å². The summed E-state index contributed by atoms with van der Waals surface area (Å²) in [6.45, 7) is 0. The van der Waals surface area contributed by atoms with E-state index in [0.717, 1.165) is 45.5 Å². The van der Waals surface area contributed by atoms with Gasteiger partial charge in [-0.25, -0.2) is 0 Å². The first-order chi connectivity index (χ1) is 41.2.